The number of benzene rings is 2. The molecule has 2 N–H and O–H groups in total. The molecule has 0 unspecified atom stereocenters. The molecule has 5 nitrogen and oxygen atoms in total. The lowest BCUT2D eigenvalue weighted by Gasteiger charge is -2.10. The van der Waals surface area contributed by atoms with Crippen molar-refractivity contribution in [1.82, 2.24) is 20.5 Å². The number of nitrogens with zero attached hydrogens (tertiary/aromatic N) is 2. The summed E-state index contributed by atoms with van der Waals surface area (Å²) in [5, 5.41) is 10.0. The van der Waals surface area contributed by atoms with Gasteiger partial charge in [0.2, 0.25) is 0 Å². The number of aromatic nitrogens is 3. The third kappa shape index (κ3) is 5.35. The SMILES string of the molecule is O=C(NCCc1ccc(C(F)(F)F)cc1)c1ccccc1CSc1ncn[nH]1. The summed E-state index contributed by atoms with van der Waals surface area (Å²) in [7, 11) is 0. The number of hydrogen-bond acceptors (Lipinski definition) is 4. The number of nitrogens with one attached hydrogen (secondary N) is 2. The zero-order chi connectivity index (χ0) is 20.0. The minimum atomic E-state index is -4.35. The first kappa shape index (κ1) is 19.9. The number of halogens is 3. The van der Waals surface area contributed by atoms with Crippen molar-refractivity contribution in [3.05, 3.63) is 77.1 Å². The molecule has 3 rings (SSSR count). The van der Waals surface area contributed by atoms with Gasteiger partial charge in [0.1, 0.15) is 6.33 Å². The molecular weight excluding hydrogens is 389 g/mol. The monoisotopic (exact) mass is 406 g/mol. The zero-order valence-corrected chi connectivity index (χ0v) is 15.5. The van der Waals surface area contributed by atoms with Crippen molar-refractivity contribution in [2.24, 2.45) is 0 Å². The normalized spacial score (nSPS) is 11.4. The van der Waals surface area contributed by atoms with Gasteiger partial charge in [-0.25, -0.2) is 4.98 Å². The summed E-state index contributed by atoms with van der Waals surface area (Å²) in [6.45, 7) is 0.327. The highest BCUT2D eigenvalue weighted by Crippen LogP contribution is 2.29. The second-order valence-electron chi connectivity index (χ2n) is 5.94. The maximum Gasteiger partial charge on any atom is 0.416 e. The molecule has 0 radical (unpaired) electrons. The Morgan fingerprint density at radius 2 is 1.86 bits per heavy atom. The molecule has 0 saturated carbocycles. The number of carbonyl (C=O) groups is 1. The molecule has 0 fully saturated rings. The summed E-state index contributed by atoms with van der Waals surface area (Å²) in [5.41, 5.74) is 1.46. The second kappa shape index (κ2) is 8.92. The van der Waals surface area contributed by atoms with Gasteiger partial charge in [0.25, 0.3) is 5.91 Å². The molecule has 1 amide bonds. The van der Waals surface area contributed by atoms with Crippen LogP contribution in [0, 0.1) is 0 Å². The van der Waals surface area contributed by atoms with E-state index in [1.165, 1.54) is 30.2 Å². The van der Waals surface area contributed by atoms with Crippen LogP contribution in [0.2, 0.25) is 0 Å². The van der Waals surface area contributed by atoms with Crippen LogP contribution < -0.4 is 5.32 Å². The number of amides is 1. The molecule has 0 atom stereocenters. The average Bonchev–Trinajstić information content (AvgIpc) is 3.20. The number of thioether (sulfide) groups is 1. The molecular formula is C19H17F3N4OS. The van der Waals surface area contributed by atoms with Crippen molar-refractivity contribution >= 4 is 17.7 Å². The van der Waals surface area contributed by atoms with E-state index >= 15 is 0 Å². The van der Waals surface area contributed by atoms with Gasteiger partial charge in [-0.1, -0.05) is 42.1 Å². The van der Waals surface area contributed by atoms with Crippen LogP contribution in [0.15, 0.2) is 60.0 Å². The lowest BCUT2D eigenvalue weighted by atomic mass is 10.1. The largest absolute Gasteiger partial charge is 0.416 e. The fourth-order valence-corrected chi connectivity index (χ4v) is 3.34. The third-order valence-corrected chi connectivity index (χ3v) is 4.93. The molecule has 3 aromatic rings. The number of hydrogen-bond donors (Lipinski definition) is 2. The molecule has 1 aromatic heterocycles. The summed E-state index contributed by atoms with van der Waals surface area (Å²) in [4.78, 5) is 16.5. The van der Waals surface area contributed by atoms with Crippen LogP contribution >= 0.6 is 11.8 Å². The van der Waals surface area contributed by atoms with Crippen molar-refractivity contribution in [2.45, 2.75) is 23.5 Å². The first-order chi connectivity index (χ1) is 13.4. The lowest BCUT2D eigenvalue weighted by molar-refractivity contribution is -0.137. The Hall–Kier alpha value is -2.81. The fraction of sp³-hybridized carbons (Fsp3) is 0.211. The summed E-state index contributed by atoms with van der Waals surface area (Å²) in [6, 6.07) is 12.2. The van der Waals surface area contributed by atoms with E-state index in [0.29, 0.717) is 29.4 Å². The van der Waals surface area contributed by atoms with Gasteiger partial charge in [-0.15, -0.1) is 0 Å². The van der Waals surface area contributed by atoms with Crippen molar-refractivity contribution in [1.29, 1.82) is 0 Å². The fourth-order valence-electron chi connectivity index (χ4n) is 2.55. The Morgan fingerprint density at radius 3 is 2.54 bits per heavy atom. The minimum Gasteiger partial charge on any atom is -0.352 e. The number of alkyl halides is 3. The standard InChI is InChI=1S/C19H17F3N4OS/c20-19(21,22)15-7-5-13(6-8-15)9-10-23-17(27)16-4-2-1-3-14(16)11-28-18-24-12-25-26-18/h1-8,12H,9-11H2,(H,23,27)(H,24,25,26). The van der Waals surface area contributed by atoms with E-state index in [4.69, 9.17) is 0 Å². The molecule has 0 aliphatic heterocycles. The Balaban J connectivity index is 1.55. The van der Waals surface area contributed by atoms with E-state index in [0.717, 1.165) is 23.3 Å². The van der Waals surface area contributed by atoms with Crippen LogP contribution in [0.1, 0.15) is 27.0 Å². The molecule has 2 aromatic carbocycles. The maximum atomic E-state index is 12.6. The summed E-state index contributed by atoms with van der Waals surface area (Å²) < 4.78 is 37.8. The predicted molar refractivity (Wildman–Crippen MR) is 99.9 cm³/mol. The van der Waals surface area contributed by atoms with E-state index in [1.807, 2.05) is 12.1 Å². The van der Waals surface area contributed by atoms with E-state index in [9.17, 15) is 18.0 Å². The van der Waals surface area contributed by atoms with E-state index in [2.05, 4.69) is 20.5 Å². The molecule has 9 heteroatoms. The highest BCUT2D eigenvalue weighted by atomic mass is 32.2. The first-order valence-corrected chi connectivity index (χ1v) is 9.42. The average molecular weight is 406 g/mol. The van der Waals surface area contributed by atoms with Crippen LogP contribution in [0.5, 0.6) is 0 Å². The van der Waals surface area contributed by atoms with Crippen LogP contribution in [0.25, 0.3) is 0 Å². The Morgan fingerprint density at radius 1 is 1.11 bits per heavy atom. The molecule has 0 saturated heterocycles. The summed E-state index contributed by atoms with van der Waals surface area (Å²) >= 11 is 1.43. The summed E-state index contributed by atoms with van der Waals surface area (Å²) in [6.07, 6.45) is -2.48. The van der Waals surface area contributed by atoms with Gasteiger partial charge in [0.15, 0.2) is 5.16 Å². The van der Waals surface area contributed by atoms with Gasteiger partial charge in [0, 0.05) is 17.9 Å². The van der Waals surface area contributed by atoms with Crippen molar-refractivity contribution in [2.75, 3.05) is 6.54 Å². The number of H-pyrrole nitrogens is 1. The highest BCUT2D eigenvalue weighted by Gasteiger charge is 2.29. The maximum absolute atomic E-state index is 12.6. The lowest BCUT2D eigenvalue weighted by Crippen LogP contribution is -2.26. The first-order valence-electron chi connectivity index (χ1n) is 8.44. The van der Waals surface area contributed by atoms with Crippen molar-refractivity contribution < 1.29 is 18.0 Å². The van der Waals surface area contributed by atoms with E-state index in [1.54, 1.807) is 12.1 Å². The molecule has 0 aliphatic carbocycles. The highest BCUT2D eigenvalue weighted by molar-refractivity contribution is 7.98. The van der Waals surface area contributed by atoms with Crippen LogP contribution in [0.3, 0.4) is 0 Å². The van der Waals surface area contributed by atoms with Gasteiger partial charge in [-0.3, -0.25) is 9.89 Å². The topological polar surface area (TPSA) is 70.7 Å². The van der Waals surface area contributed by atoms with E-state index < -0.39 is 11.7 Å². The van der Waals surface area contributed by atoms with Crippen LogP contribution in [-0.4, -0.2) is 27.6 Å². The number of aromatic amines is 1. The Kier molecular flexibility index (Phi) is 6.35. The molecule has 1 heterocycles. The predicted octanol–water partition coefficient (Wildman–Crippen LogP) is 4.09. The summed E-state index contributed by atoms with van der Waals surface area (Å²) in [5.74, 6) is 0.332. The molecule has 0 spiro atoms. The second-order valence-corrected chi connectivity index (χ2v) is 6.90. The quantitative estimate of drug-likeness (QED) is 0.580. The van der Waals surface area contributed by atoms with Crippen LogP contribution in [0.4, 0.5) is 13.2 Å². The van der Waals surface area contributed by atoms with Gasteiger partial charge in [-0.05, 0) is 35.7 Å². The Bertz CT molecular complexity index is 912. The molecule has 28 heavy (non-hydrogen) atoms. The minimum absolute atomic E-state index is 0.222. The number of rotatable bonds is 7. The smallest absolute Gasteiger partial charge is 0.352 e. The number of carbonyl (C=O) groups excluding carboxylic acids is 1. The molecule has 0 aliphatic rings. The third-order valence-electron chi connectivity index (χ3n) is 4.00. The van der Waals surface area contributed by atoms with Gasteiger partial charge >= 0.3 is 6.18 Å². The van der Waals surface area contributed by atoms with Gasteiger partial charge in [-0.2, -0.15) is 18.3 Å². The van der Waals surface area contributed by atoms with Crippen molar-refractivity contribution in [3.8, 4) is 0 Å². The van der Waals surface area contributed by atoms with E-state index in [-0.39, 0.29) is 5.91 Å². The van der Waals surface area contributed by atoms with Gasteiger partial charge < -0.3 is 5.32 Å². The Labute approximate surface area is 163 Å². The van der Waals surface area contributed by atoms with Crippen LogP contribution in [-0.2, 0) is 18.3 Å². The molecule has 146 valence electrons. The zero-order valence-electron chi connectivity index (χ0n) is 14.7. The molecule has 0 bridgehead atoms. The van der Waals surface area contributed by atoms with Gasteiger partial charge in [0.05, 0.1) is 5.56 Å². The van der Waals surface area contributed by atoms with Crippen molar-refractivity contribution in [3.63, 3.8) is 0 Å².